The SMILES string of the molecule is Cc1cc2c(c(C)c1C)Cc1ncc3ccccc3c1-2. The van der Waals surface area contributed by atoms with E-state index >= 15 is 0 Å². The van der Waals surface area contributed by atoms with Crippen molar-refractivity contribution in [1.82, 2.24) is 4.98 Å². The molecule has 0 saturated carbocycles. The fraction of sp³-hybridized carbons (Fsp3) is 0.211. The molecule has 0 unspecified atom stereocenters. The summed E-state index contributed by atoms with van der Waals surface area (Å²) in [6.07, 6.45) is 2.98. The summed E-state index contributed by atoms with van der Waals surface area (Å²) in [6, 6.07) is 10.9. The molecule has 1 aliphatic rings. The van der Waals surface area contributed by atoms with Crippen LogP contribution in [0.25, 0.3) is 21.9 Å². The Morgan fingerprint density at radius 2 is 1.80 bits per heavy atom. The number of pyridine rings is 1. The second-order valence-corrected chi connectivity index (χ2v) is 5.81. The number of fused-ring (bicyclic) bond motifs is 5. The molecule has 0 amide bonds. The van der Waals surface area contributed by atoms with Crippen molar-refractivity contribution in [2.45, 2.75) is 27.2 Å². The zero-order valence-corrected chi connectivity index (χ0v) is 12.1. The summed E-state index contributed by atoms with van der Waals surface area (Å²) in [5.41, 5.74) is 9.66. The fourth-order valence-electron chi connectivity index (χ4n) is 3.39. The lowest BCUT2D eigenvalue weighted by Gasteiger charge is -2.12. The lowest BCUT2D eigenvalue weighted by Crippen LogP contribution is -1.93. The van der Waals surface area contributed by atoms with Crippen LogP contribution in [0.2, 0.25) is 0 Å². The number of benzene rings is 2. The topological polar surface area (TPSA) is 12.9 Å². The van der Waals surface area contributed by atoms with Crippen LogP contribution in [0, 0.1) is 20.8 Å². The minimum Gasteiger partial charge on any atom is -0.260 e. The average Bonchev–Trinajstić information content (AvgIpc) is 2.84. The Bertz CT molecular complexity index is 859. The van der Waals surface area contributed by atoms with Crippen molar-refractivity contribution in [3.8, 4) is 11.1 Å². The van der Waals surface area contributed by atoms with Crippen LogP contribution in [0.4, 0.5) is 0 Å². The zero-order valence-electron chi connectivity index (χ0n) is 12.1. The number of rotatable bonds is 0. The standard InChI is InChI=1S/C19H17N/c1-11-8-17-16(13(3)12(11)2)9-18-19(17)15-7-5-4-6-14(15)10-20-18/h4-8,10H,9H2,1-3H3. The molecule has 2 aromatic carbocycles. The van der Waals surface area contributed by atoms with E-state index in [0.717, 1.165) is 6.42 Å². The Labute approximate surface area is 119 Å². The number of nitrogens with zero attached hydrogens (tertiary/aromatic N) is 1. The van der Waals surface area contributed by atoms with E-state index in [-0.39, 0.29) is 0 Å². The molecule has 1 heteroatoms. The molecule has 1 aliphatic carbocycles. The van der Waals surface area contributed by atoms with Gasteiger partial charge >= 0.3 is 0 Å². The maximum atomic E-state index is 4.70. The summed E-state index contributed by atoms with van der Waals surface area (Å²) in [4.78, 5) is 4.70. The van der Waals surface area contributed by atoms with Gasteiger partial charge in [0, 0.05) is 23.6 Å². The second kappa shape index (κ2) is 3.92. The van der Waals surface area contributed by atoms with Gasteiger partial charge in [0.2, 0.25) is 0 Å². The van der Waals surface area contributed by atoms with Gasteiger partial charge in [-0.25, -0.2) is 0 Å². The van der Waals surface area contributed by atoms with Crippen LogP contribution < -0.4 is 0 Å². The normalized spacial score (nSPS) is 12.6. The molecule has 4 rings (SSSR count). The van der Waals surface area contributed by atoms with Gasteiger partial charge < -0.3 is 0 Å². The molecule has 0 radical (unpaired) electrons. The Hall–Kier alpha value is -2.15. The Morgan fingerprint density at radius 1 is 1.00 bits per heavy atom. The highest BCUT2D eigenvalue weighted by atomic mass is 14.7. The number of hydrogen-bond acceptors (Lipinski definition) is 1. The van der Waals surface area contributed by atoms with Crippen molar-refractivity contribution in [2.24, 2.45) is 0 Å². The molecule has 0 saturated heterocycles. The van der Waals surface area contributed by atoms with Gasteiger partial charge in [-0.3, -0.25) is 4.98 Å². The summed E-state index contributed by atoms with van der Waals surface area (Å²) in [5, 5.41) is 2.56. The molecular formula is C19H17N. The summed E-state index contributed by atoms with van der Waals surface area (Å²) < 4.78 is 0. The number of aromatic nitrogens is 1. The van der Waals surface area contributed by atoms with Crippen molar-refractivity contribution in [2.75, 3.05) is 0 Å². The average molecular weight is 259 g/mol. The molecule has 0 atom stereocenters. The van der Waals surface area contributed by atoms with E-state index in [0.29, 0.717) is 0 Å². The van der Waals surface area contributed by atoms with Gasteiger partial charge in [-0.1, -0.05) is 30.3 Å². The highest BCUT2D eigenvalue weighted by Gasteiger charge is 2.24. The van der Waals surface area contributed by atoms with Gasteiger partial charge in [0.15, 0.2) is 0 Å². The molecule has 0 aliphatic heterocycles. The first kappa shape index (κ1) is 11.7. The Kier molecular flexibility index (Phi) is 2.29. The third-order valence-corrected chi connectivity index (χ3v) is 4.78. The largest absolute Gasteiger partial charge is 0.260 e. The highest BCUT2D eigenvalue weighted by molar-refractivity contribution is 6.00. The van der Waals surface area contributed by atoms with E-state index in [1.54, 1.807) is 0 Å². The number of hydrogen-bond donors (Lipinski definition) is 0. The second-order valence-electron chi connectivity index (χ2n) is 5.81. The minimum atomic E-state index is 0.975. The first-order chi connectivity index (χ1) is 9.66. The molecule has 98 valence electrons. The summed E-state index contributed by atoms with van der Waals surface area (Å²) in [5.74, 6) is 0. The van der Waals surface area contributed by atoms with Gasteiger partial charge in [-0.15, -0.1) is 0 Å². The van der Waals surface area contributed by atoms with Crippen LogP contribution in [-0.4, -0.2) is 4.98 Å². The third kappa shape index (κ3) is 1.41. The lowest BCUT2D eigenvalue weighted by atomic mass is 9.93. The molecule has 0 bridgehead atoms. The van der Waals surface area contributed by atoms with Crippen molar-refractivity contribution in [3.05, 3.63) is 64.5 Å². The fourth-order valence-corrected chi connectivity index (χ4v) is 3.39. The van der Waals surface area contributed by atoms with Crippen molar-refractivity contribution < 1.29 is 0 Å². The van der Waals surface area contributed by atoms with E-state index in [4.69, 9.17) is 4.98 Å². The van der Waals surface area contributed by atoms with E-state index in [1.165, 1.54) is 49.8 Å². The smallest absolute Gasteiger partial charge is 0.0532 e. The molecule has 1 nitrogen and oxygen atoms in total. The maximum absolute atomic E-state index is 4.70. The number of aryl methyl sites for hydroxylation is 1. The van der Waals surface area contributed by atoms with Crippen molar-refractivity contribution >= 4 is 10.8 Å². The van der Waals surface area contributed by atoms with Crippen LogP contribution in [0.1, 0.15) is 27.9 Å². The third-order valence-electron chi connectivity index (χ3n) is 4.78. The summed E-state index contributed by atoms with van der Waals surface area (Å²) >= 11 is 0. The van der Waals surface area contributed by atoms with E-state index in [9.17, 15) is 0 Å². The summed E-state index contributed by atoms with van der Waals surface area (Å²) in [6.45, 7) is 6.67. The highest BCUT2D eigenvalue weighted by Crippen LogP contribution is 2.42. The Morgan fingerprint density at radius 3 is 2.65 bits per heavy atom. The molecular weight excluding hydrogens is 242 g/mol. The van der Waals surface area contributed by atoms with Gasteiger partial charge in [0.1, 0.15) is 0 Å². The predicted molar refractivity (Wildman–Crippen MR) is 84.2 cm³/mol. The minimum absolute atomic E-state index is 0.975. The van der Waals surface area contributed by atoms with E-state index in [1.807, 2.05) is 6.20 Å². The van der Waals surface area contributed by atoms with Gasteiger partial charge in [-0.05, 0) is 54.0 Å². The molecule has 0 N–H and O–H groups in total. The van der Waals surface area contributed by atoms with Crippen molar-refractivity contribution in [3.63, 3.8) is 0 Å². The van der Waals surface area contributed by atoms with Crippen LogP contribution in [0.3, 0.4) is 0 Å². The monoisotopic (exact) mass is 259 g/mol. The molecule has 1 aromatic heterocycles. The zero-order chi connectivity index (χ0) is 13.9. The van der Waals surface area contributed by atoms with Crippen LogP contribution in [0.5, 0.6) is 0 Å². The first-order valence-electron chi connectivity index (χ1n) is 7.13. The molecule has 0 spiro atoms. The Balaban J connectivity index is 2.14. The van der Waals surface area contributed by atoms with Gasteiger partial charge in [0.05, 0.1) is 5.69 Å². The first-order valence-corrected chi connectivity index (χ1v) is 7.13. The van der Waals surface area contributed by atoms with E-state index in [2.05, 4.69) is 51.1 Å². The van der Waals surface area contributed by atoms with Gasteiger partial charge in [0.25, 0.3) is 0 Å². The van der Waals surface area contributed by atoms with E-state index < -0.39 is 0 Å². The van der Waals surface area contributed by atoms with Crippen LogP contribution in [0.15, 0.2) is 36.5 Å². The van der Waals surface area contributed by atoms with Gasteiger partial charge in [-0.2, -0.15) is 0 Å². The van der Waals surface area contributed by atoms with Crippen LogP contribution in [-0.2, 0) is 6.42 Å². The molecule has 0 fully saturated rings. The van der Waals surface area contributed by atoms with Crippen molar-refractivity contribution in [1.29, 1.82) is 0 Å². The predicted octanol–water partition coefficient (Wildman–Crippen LogP) is 4.73. The molecule has 3 aromatic rings. The molecule has 1 heterocycles. The lowest BCUT2D eigenvalue weighted by molar-refractivity contribution is 1.10. The summed E-state index contributed by atoms with van der Waals surface area (Å²) in [7, 11) is 0. The maximum Gasteiger partial charge on any atom is 0.0532 e. The van der Waals surface area contributed by atoms with Crippen LogP contribution >= 0.6 is 0 Å². The molecule has 20 heavy (non-hydrogen) atoms. The quantitative estimate of drug-likeness (QED) is 0.445.